The van der Waals surface area contributed by atoms with E-state index < -0.39 is 42.1 Å². The minimum atomic E-state index is -1.02. The molecule has 4 heterocycles. The summed E-state index contributed by atoms with van der Waals surface area (Å²) in [6.45, 7) is 2.13. The number of carbonyl (C=O) groups excluding carboxylic acids is 5. The number of hydrogen-bond acceptors (Lipinski definition) is 7. The lowest BCUT2D eigenvalue weighted by Gasteiger charge is -2.43. The van der Waals surface area contributed by atoms with Crippen LogP contribution in [0.2, 0.25) is 0 Å². The molecule has 3 fully saturated rings. The summed E-state index contributed by atoms with van der Waals surface area (Å²) in [7, 11) is 0. The van der Waals surface area contributed by atoms with E-state index in [1.807, 2.05) is 24.3 Å². The summed E-state index contributed by atoms with van der Waals surface area (Å²) >= 11 is 0. The number of hydrazine groups is 1. The average Bonchev–Trinajstić information content (AvgIpc) is 3.46. The fourth-order valence-electron chi connectivity index (χ4n) is 5.05. The minimum Gasteiger partial charge on any atom is -0.351 e. The van der Waals surface area contributed by atoms with Gasteiger partial charge in [0.15, 0.2) is 12.1 Å². The summed E-state index contributed by atoms with van der Waals surface area (Å²) in [5, 5.41) is 8.69. The molecule has 37 heavy (non-hydrogen) atoms. The summed E-state index contributed by atoms with van der Waals surface area (Å²) < 4.78 is 10.7. The van der Waals surface area contributed by atoms with Gasteiger partial charge in [-0.25, -0.2) is 5.01 Å². The van der Waals surface area contributed by atoms with Crippen molar-refractivity contribution in [2.24, 2.45) is 0 Å². The van der Waals surface area contributed by atoms with E-state index >= 15 is 0 Å². The number of ether oxygens (including phenoxy) is 2. The number of fused-ring (bicyclic) bond motifs is 2. The van der Waals surface area contributed by atoms with Gasteiger partial charge in [0, 0.05) is 30.5 Å². The van der Waals surface area contributed by atoms with Gasteiger partial charge in [0.05, 0.1) is 0 Å². The zero-order valence-electron chi connectivity index (χ0n) is 20.4. The van der Waals surface area contributed by atoms with Crippen molar-refractivity contribution in [1.82, 2.24) is 25.6 Å². The summed E-state index contributed by atoms with van der Waals surface area (Å²) in [6.07, 6.45) is 0.0301. The highest BCUT2D eigenvalue weighted by atomic mass is 16.7. The van der Waals surface area contributed by atoms with Crippen molar-refractivity contribution in [3.8, 4) is 0 Å². The molecule has 1 aromatic carbocycles. The normalized spacial score (nSPS) is 26.2. The van der Waals surface area contributed by atoms with Crippen LogP contribution in [0.15, 0.2) is 30.3 Å². The Balaban J connectivity index is 1.35. The van der Waals surface area contributed by atoms with Gasteiger partial charge < -0.3 is 25.1 Å². The van der Waals surface area contributed by atoms with E-state index in [0.29, 0.717) is 19.4 Å². The zero-order chi connectivity index (χ0) is 26.1. The van der Waals surface area contributed by atoms with Crippen LogP contribution in [0.5, 0.6) is 0 Å². The standard InChI is InChI=1S/C25H29N5O7/c1-2-36-25-21(19(31)13-37-25)28-23(34)18-8-5-11-29-20(32)10-9-16(24(35)30(18)29)27-22(33)17-12-14-6-3-4-7-15(14)26-17/h3-4,6-7,12,16,18,21,25-26H,2,5,8-11,13H2,1H3,(H,27,33)(H,28,34)/t16-,18-,21+,25?/m0/s1. The van der Waals surface area contributed by atoms with Crippen LogP contribution in [-0.4, -0.2) is 88.6 Å². The molecule has 3 aliphatic heterocycles. The highest BCUT2D eigenvalue weighted by Crippen LogP contribution is 2.26. The van der Waals surface area contributed by atoms with Crippen molar-refractivity contribution in [2.75, 3.05) is 19.8 Å². The SMILES string of the molecule is CCOC1OCC(=O)[C@H]1NC(=O)[C@@H]1CCCN2C(=O)CC[C@H](NC(=O)c3cc4ccccc4[nH]3)C(=O)N12. The smallest absolute Gasteiger partial charge is 0.268 e. The Kier molecular flexibility index (Phi) is 6.94. The molecule has 3 N–H and O–H groups in total. The van der Waals surface area contributed by atoms with Crippen molar-refractivity contribution >= 4 is 40.3 Å². The number of ketones is 1. The number of Topliss-reactive ketones (excluding diaryl/α,β-unsaturated/α-hetero) is 1. The fourth-order valence-corrected chi connectivity index (χ4v) is 5.05. The van der Waals surface area contributed by atoms with Gasteiger partial charge in [0.1, 0.15) is 30.4 Å². The molecule has 0 saturated carbocycles. The number of H-pyrrole nitrogens is 1. The first-order valence-electron chi connectivity index (χ1n) is 12.5. The van der Waals surface area contributed by atoms with Crippen LogP contribution >= 0.6 is 0 Å². The molecule has 1 aromatic heterocycles. The highest BCUT2D eigenvalue weighted by Gasteiger charge is 2.46. The average molecular weight is 512 g/mol. The number of carbonyl (C=O) groups is 5. The van der Waals surface area contributed by atoms with Crippen LogP contribution in [-0.2, 0) is 28.7 Å². The van der Waals surface area contributed by atoms with Crippen molar-refractivity contribution < 1.29 is 33.4 Å². The van der Waals surface area contributed by atoms with Crippen molar-refractivity contribution in [2.45, 2.75) is 57.0 Å². The third kappa shape index (κ3) is 4.81. The summed E-state index contributed by atoms with van der Waals surface area (Å²) in [5.74, 6) is -2.25. The van der Waals surface area contributed by atoms with Gasteiger partial charge in [-0.2, -0.15) is 0 Å². The Morgan fingerprint density at radius 3 is 2.76 bits per heavy atom. The molecule has 196 valence electrons. The lowest BCUT2D eigenvalue weighted by molar-refractivity contribution is -0.176. The number of nitrogens with one attached hydrogen (secondary N) is 3. The predicted octanol–water partition coefficient (Wildman–Crippen LogP) is 0.241. The molecular formula is C25H29N5O7. The van der Waals surface area contributed by atoms with Crippen LogP contribution in [0, 0.1) is 0 Å². The number of para-hydroxylation sites is 1. The van der Waals surface area contributed by atoms with Crippen LogP contribution < -0.4 is 10.6 Å². The largest absolute Gasteiger partial charge is 0.351 e. The maximum absolute atomic E-state index is 13.7. The molecule has 4 atom stereocenters. The molecule has 3 aliphatic rings. The molecule has 0 radical (unpaired) electrons. The quantitative estimate of drug-likeness (QED) is 0.503. The van der Waals surface area contributed by atoms with E-state index in [1.54, 1.807) is 13.0 Å². The number of hydrogen-bond donors (Lipinski definition) is 3. The van der Waals surface area contributed by atoms with Crippen molar-refractivity contribution in [1.29, 1.82) is 0 Å². The van der Waals surface area contributed by atoms with Gasteiger partial charge in [-0.3, -0.25) is 29.0 Å². The molecule has 5 rings (SSSR count). The number of amides is 4. The van der Waals surface area contributed by atoms with Crippen LogP contribution in [0.25, 0.3) is 10.9 Å². The zero-order valence-corrected chi connectivity index (χ0v) is 20.4. The fraction of sp³-hybridized carbons (Fsp3) is 0.480. The van der Waals surface area contributed by atoms with Crippen LogP contribution in [0.3, 0.4) is 0 Å². The lowest BCUT2D eigenvalue weighted by atomic mass is 10.0. The van der Waals surface area contributed by atoms with Gasteiger partial charge >= 0.3 is 0 Å². The van der Waals surface area contributed by atoms with E-state index in [1.165, 1.54) is 5.01 Å². The molecule has 0 aliphatic carbocycles. The van der Waals surface area contributed by atoms with Gasteiger partial charge in [0.2, 0.25) is 11.8 Å². The molecule has 2 aromatic rings. The van der Waals surface area contributed by atoms with Crippen molar-refractivity contribution in [3.05, 3.63) is 36.0 Å². The number of rotatable bonds is 6. The third-order valence-corrected chi connectivity index (χ3v) is 6.88. The number of benzene rings is 1. The number of aromatic amines is 1. The van der Waals surface area contributed by atoms with Crippen LogP contribution in [0.4, 0.5) is 0 Å². The number of aromatic nitrogens is 1. The van der Waals surface area contributed by atoms with E-state index in [9.17, 15) is 24.0 Å². The second-order valence-electron chi connectivity index (χ2n) is 9.28. The maximum atomic E-state index is 13.7. The summed E-state index contributed by atoms with van der Waals surface area (Å²) in [4.78, 5) is 68.2. The van der Waals surface area contributed by atoms with Gasteiger partial charge in [-0.15, -0.1) is 0 Å². The first-order chi connectivity index (χ1) is 17.9. The second kappa shape index (κ2) is 10.3. The maximum Gasteiger partial charge on any atom is 0.268 e. The topological polar surface area (TPSA) is 150 Å². The van der Waals surface area contributed by atoms with Gasteiger partial charge in [0.25, 0.3) is 11.8 Å². The lowest BCUT2D eigenvalue weighted by Crippen LogP contribution is -2.65. The second-order valence-corrected chi connectivity index (χ2v) is 9.28. The van der Waals surface area contributed by atoms with Crippen LogP contribution in [0.1, 0.15) is 43.1 Å². The van der Waals surface area contributed by atoms with Gasteiger partial charge in [-0.05, 0) is 38.3 Å². The highest BCUT2D eigenvalue weighted by molar-refractivity contribution is 6.02. The first kappa shape index (κ1) is 24.9. The Bertz CT molecular complexity index is 1210. The Morgan fingerprint density at radius 1 is 1.16 bits per heavy atom. The minimum absolute atomic E-state index is 0.0373. The molecule has 0 spiro atoms. The van der Waals surface area contributed by atoms with E-state index in [-0.39, 0.29) is 43.4 Å². The Labute approximate surface area is 212 Å². The van der Waals surface area contributed by atoms with E-state index in [4.69, 9.17) is 9.47 Å². The predicted molar refractivity (Wildman–Crippen MR) is 129 cm³/mol. The molecular weight excluding hydrogens is 482 g/mol. The Hall–Kier alpha value is -3.77. The third-order valence-electron chi connectivity index (χ3n) is 6.88. The first-order valence-corrected chi connectivity index (χ1v) is 12.5. The van der Waals surface area contributed by atoms with Crippen molar-refractivity contribution in [3.63, 3.8) is 0 Å². The molecule has 1 unspecified atom stereocenters. The van der Waals surface area contributed by atoms with E-state index in [2.05, 4.69) is 15.6 Å². The van der Waals surface area contributed by atoms with Gasteiger partial charge in [-0.1, -0.05) is 18.2 Å². The molecule has 12 nitrogen and oxygen atoms in total. The molecule has 12 heteroatoms. The molecule has 0 bridgehead atoms. The molecule has 3 saturated heterocycles. The molecule has 4 amide bonds. The number of nitrogens with zero attached hydrogens (tertiary/aromatic N) is 2. The monoisotopic (exact) mass is 511 g/mol. The summed E-state index contributed by atoms with van der Waals surface area (Å²) in [6, 6.07) is 6.07. The summed E-state index contributed by atoms with van der Waals surface area (Å²) in [5.41, 5.74) is 1.07. The Morgan fingerprint density at radius 2 is 1.97 bits per heavy atom. The van der Waals surface area contributed by atoms with E-state index in [0.717, 1.165) is 15.9 Å².